The van der Waals surface area contributed by atoms with Crippen molar-refractivity contribution in [2.24, 2.45) is 0 Å². The van der Waals surface area contributed by atoms with Crippen LogP contribution in [0, 0.1) is 6.92 Å². The summed E-state index contributed by atoms with van der Waals surface area (Å²) in [5.74, 6) is 0.224. The second-order valence-corrected chi connectivity index (χ2v) is 7.41. The van der Waals surface area contributed by atoms with Crippen molar-refractivity contribution in [3.05, 3.63) is 54.1 Å². The predicted molar refractivity (Wildman–Crippen MR) is 95.0 cm³/mol. The Bertz CT molecular complexity index is 817. The van der Waals surface area contributed by atoms with Gasteiger partial charge in [0.2, 0.25) is 10.0 Å². The molecule has 0 unspecified atom stereocenters. The average molecular weight is 348 g/mol. The van der Waals surface area contributed by atoms with E-state index in [-0.39, 0.29) is 12.5 Å². The minimum Gasteiger partial charge on any atom is -0.484 e. The number of hydrogen-bond acceptors (Lipinski definition) is 4. The molecule has 0 radical (unpaired) electrons. The molecular formula is C17H20N2O4S. The molecule has 0 heterocycles. The lowest BCUT2D eigenvalue weighted by Crippen LogP contribution is -2.27. The summed E-state index contributed by atoms with van der Waals surface area (Å²) in [5, 5.41) is 2.68. The summed E-state index contributed by atoms with van der Waals surface area (Å²) in [7, 11) is -1.99. The van der Waals surface area contributed by atoms with E-state index in [0.29, 0.717) is 17.1 Å². The first-order chi connectivity index (χ1) is 11.3. The number of nitrogens with one attached hydrogen (secondary N) is 1. The van der Waals surface area contributed by atoms with Crippen LogP contribution in [0.4, 0.5) is 11.4 Å². The molecule has 2 aromatic rings. The number of ether oxygens (including phenoxy) is 1. The van der Waals surface area contributed by atoms with Crippen LogP contribution < -0.4 is 14.4 Å². The third kappa shape index (κ3) is 4.73. The van der Waals surface area contributed by atoms with Crippen molar-refractivity contribution in [3.8, 4) is 5.75 Å². The number of nitrogens with zero attached hydrogens (tertiary/aromatic N) is 1. The minimum atomic E-state index is -3.42. The Kier molecular flexibility index (Phi) is 5.46. The summed E-state index contributed by atoms with van der Waals surface area (Å²) in [5.41, 5.74) is 1.90. The van der Waals surface area contributed by atoms with Crippen molar-refractivity contribution < 1.29 is 17.9 Å². The van der Waals surface area contributed by atoms with Gasteiger partial charge in [0.15, 0.2) is 6.61 Å². The lowest BCUT2D eigenvalue weighted by atomic mass is 10.2. The number of carbonyl (C=O) groups is 1. The molecule has 0 bridgehead atoms. The van der Waals surface area contributed by atoms with Crippen molar-refractivity contribution in [1.82, 2.24) is 0 Å². The predicted octanol–water partition coefficient (Wildman–Crippen LogP) is 2.41. The van der Waals surface area contributed by atoms with Gasteiger partial charge in [0.25, 0.3) is 5.91 Å². The number of anilines is 2. The highest BCUT2D eigenvalue weighted by molar-refractivity contribution is 7.92. The zero-order chi connectivity index (χ0) is 17.7. The molecule has 1 amide bonds. The highest BCUT2D eigenvalue weighted by atomic mass is 32.2. The molecule has 7 heteroatoms. The van der Waals surface area contributed by atoms with Crippen LogP contribution in [0.25, 0.3) is 0 Å². The van der Waals surface area contributed by atoms with Crippen LogP contribution in [-0.2, 0) is 14.8 Å². The van der Waals surface area contributed by atoms with E-state index in [9.17, 15) is 13.2 Å². The fourth-order valence-corrected chi connectivity index (χ4v) is 2.52. The van der Waals surface area contributed by atoms with Gasteiger partial charge >= 0.3 is 0 Å². The van der Waals surface area contributed by atoms with Gasteiger partial charge in [-0.1, -0.05) is 29.8 Å². The molecule has 0 aromatic heterocycles. The Balaban J connectivity index is 2.05. The van der Waals surface area contributed by atoms with E-state index in [1.165, 1.54) is 7.05 Å². The first-order valence-corrected chi connectivity index (χ1v) is 9.14. The van der Waals surface area contributed by atoms with Gasteiger partial charge in [0, 0.05) is 7.05 Å². The van der Waals surface area contributed by atoms with Crippen molar-refractivity contribution in [1.29, 1.82) is 0 Å². The van der Waals surface area contributed by atoms with E-state index in [2.05, 4.69) is 5.32 Å². The van der Waals surface area contributed by atoms with E-state index < -0.39 is 10.0 Å². The summed E-state index contributed by atoms with van der Waals surface area (Å²) in [6.07, 6.45) is 1.10. The van der Waals surface area contributed by atoms with Gasteiger partial charge < -0.3 is 10.1 Å². The molecule has 1 N–H and O–H groups in total. The first-order valence-electron chi connectivity index (χ1n) is 7.29. The maximum atomic E-state index is 12.1. The molecule has 0 saturated carbocycles. The molecule has 6 nitrogen and oxygen atoms in total. The number of rotatable bonds is 6. The second kappa shape index (κ2) is 7.35. The first kappa shape index (κ1) is 17.8. The fourth-order valence-electron chi connectivity index (χ4n) is 2.00. The van der Waals surface area contributed by atoms with E-state index in [1.807, 2.05) is 19.1 Å². The monoisotopic (exact) mass is 348 g/mol. The van der Waals surface area contributed by atoms with Gasteiger partial charge in [0.1, 0.15) is 5.75 Å². The van der Waals surface area contributed by atoms with Crippen LogP contribution >= 0.6 is 0 Å². The van der Waals surface area contributed by atoms with Crippen molar-refractivity contribution in [2.45, 2.75) is 6.92 Å². The minimum absolute atomic E-state index is 0.167. The molecule has 0 fully saturated rings. The van der Waals surface area contributed by atoms with Gasteiger partial charge in [-0.2, -0.15) is 0 Å². The summed E-state index contributed by atoms with van der Waals surface area (Å²) >= 11 is 0. The fraction of sp³-hybridized carbons (Fsp3) is 0.235. The zero-order valence-electron chi connectivity index (χ0n) is 13.8. The highest BCUT2D eigenvalue weighted by Crippen LogP contribution is 2.26. The number of para-hydroxylation sites is 2. The van der Waals surface area contributed by atoms with Gasteiger partial charge in [-0.05, 0) is 31.2 Å². The number of benzene rings is 2. The van der Waals surface area contributed by atoms with Crippen molar-refractivity contribution in [3.63, 3.8) is 0 Å². The smallest absolute Gasteiger partial charge is 0.262 e. The Morgan fingerprint density at radius 1 is 1.12 bits per heavy atom. The molecule has 0 spiro atoms. The molecule has 0 aliphatic carbocycles. The van der Waals surface area contributed by atoms with Crippen LogP contribution in [0.15, 0.2) is 48.5 Å². The molecule has 0 aliphatic heterocycles. The van der Waals surface area contributed by atoms with Gasteiger partial charge in [0.05, 0.1) is 17.6 Å². The lowest BCUT2D eigenvalue weighted by Gasteiger charge is -2.20. The van der Waals surface area contributed by atoms with Gasteiger partial charge in [-0.25, -0.2) is 8.42 Å². The molecule has 2 rings (SSSR count). The Morgan fingerprint density at radius 2 is 1.75 bits per heavy atom. The van der Waals surface area contributed by atoms with Crippen molar-refractivity contribution in [2.75, 3.05) is 29.5 Å². The Labute approximate surface area is 142 Å². The maximum Gasteiger partial charge on any atom is 0.262 e. The van der Waals surface area contributed by atoms with E-state index in [0.717, 1.165) is 16.1 Å². The quantitative estimate of drug-likeness (QED) is 0.870. The molecule has 0 saturated heterocycles. The van der Waals surface area contributed by atoms with E-state index >= 15 is 0 Å². The molecule has 24 heavy (non-hydrogen) atoms. The molecule has 0 atom stereocenters. The van der Waals surface area contributed by atoms with E-state index in [4.69, 9.17) is 4.74 Å². The molecule has 0 aliphatic rings. The zero-order valence-corrected chi connectivity index (χ0v) is 14.6. The summed E-state index contributed by atoms with van der Waals surface area (Å²) in [6.45, 7) is 1.80. The third-order valence-corrected chi connectivity index (χ3v) is 4.60. The number of amides is 1. The summed E-state index contributed by atoms with van der Waals surface area (Å²) < 4.78 is 29.9. The van der Waals surface area contributed by atoms with Crippen LogP contribution in [0.1, 0.15) is 5.56 Å². The van der Waals surface area contributed by atoms with Crippen LogP contribution in [0.5, 0.6) is 5.75 Å². The SMILES string of the molecule is Cc1ccc(OCC(=O)Nc2ccccc2N(C)S(C)(=O)=O)cc1. The van der Waals surface area contributed by atoms with Crippen LogP contribution in [0.3, 0.4) is 0 Å². The highest BCUT2D eigenvalue weighted by Gasteiger charge is 2.16. The normalized spacial score (nSPS) is 11.0. The standard InChI is InChI=1S/C17H20N2O4S/c1-13-8-10-14(11-9-13)23-12-17(20)18-15-6-4-5-7-16(15)19(2)24(3,21)22/h4-11H,12H2,1-3H3,(H,18,20). The topological polar surface area (TPSA) is 75.7 Å². The average Bonchev–Trinajstić information content (AvgIpc) is 2.53. The van der Waals surface area contributed by atoms with Gasteiger partial charge in [-0.3, -0.25) is 9.10 Å². The second-order valence-electron chi connectivity index (χ2n) is 5.40. The number of aryl methyl sites for hydroxylation is 1. The maximum absolute atomic E-state index is 12.1. The molecular weight excluding hydrogens is 328 g/mol. The lowest BCUT2D eigenvalue weighted by molar-refractivity contribution is -0.118. The van der Waals surface area contributed by atoms with Crippen LogP contribution in [-0.4, -0.2) is 34.2 Å². The molecule has 128 valence electrons. The molecule has 2 aromatic carbocycles. The summed E-state index contributed by atoms with van der Waals surface area (Å²) in [6, 6.07) is 14.0. The third-order valence-electron chi connectivity index (χ3n) is 3.41. The number of sulfonamides is 1. The Morgan fingerprint density at radius 3 is 2.38 bits per heavy atom. The van der Waals surface area contributed by atoms with Crippen LogP contribution in [0.2, 0.25) is 0 Å². The van der Waals surface area contributed by atoms with Crippen molar-refractivity contribution >= 4 is 27.3 Å². The largest absolute Gasteiger partial charge is 0.484 e. The summed E-state index contributed by atoms with van der Waals surface area (Å²) in [4.78, 5) is 12.1. The Hall–Kier alpha value is -2.54. The number of hydrogen-bond donors (Lipinski definition) is 1. The van der Waals surface area contributed by atoms with Gasteiger partial charge in [-0.15, -0.1) is 0 Å². The number of carbonyl (C=O) groups excluding carboxylic acids is 1. The van der Waals surface area contributed by atoms with E-state index in [1.54, 1.807) is 36.4 Å².